The molecule has 0 aromatic heterocycles. The fourth-order valence-electron chi connectivity index (χ4n) is 0.731. The van der Waals surface area contributed by atoms with Crippen molar-refractivity contribution in [3.63, 3.8) is 0 Å². The van der Waals surface area contributed by atoms with Crippen LogP contribution in [0.4, 0.5) is 0 Å². The maximum Gasteiger partial charge on any atom is 0.0293 e. The first-order chi connectivity index (χ1) is 5.17. The Morgan fingerprint density at radius 3 is 1.91 bits per heavy atom. The molecule has 0 fully saturated rings. The van der Waals surface area contributed by atoms with Crippen molar-refractivity contribution in [1.82, 2.24) is 0 Å². The second-order valence-electron chi connectivity index (χ2n) is 2.09. The molecule has 0 aliphatic heterocycles. The maximum atomic E-state index is 3.47. The molecule has 0 atom stereocenters. The van der Waals surface area contributed by atoms with Crippen LogP contribution in [0.2, 0.25) is 0 Å². The minimum atomic E-state index is 0.898. The van der Waals surface area contributed by atoms with E-state index in [0.717, 1.165) is 10.7 Å². The summed E-state index contributed by atoms with van der Waals surface area (Å²) in [7, 11) is 0. The SMILES string of the molecule is CC=C(CBr)C(CBr)=C(C)Br. The van der Waals surface area contributed by atoms with Crippen molar-refractivity contribution >= 4 is 47.8 Å². The summed E-state index contributed by atoms with van der Waals surface area (Å²) in [6.45, 7) is 4.11. The van der Waals surface area contributed by atoms with E-state index in [0.29, 0.717) is 0 Å². The maximum absolute atomic E-state index is 3.47. The minimum Gasteiger partial charge on any atom is -0.0876 e. The molecule has 3 heteroatoms. The zero-order valence-corrected chi connectivity index (χ0v) is 11.4. The standard InChI is InChI=1S/C8H11Br3/c1-3-7(4-9)8(5-10)6(2)11/h3H,4-5H2,1-2H3. The van der Waals surface area contributed by atoms with Crippen molar-refractivity contribution < 1.29 is 0 Å². The van der Waals surface area contributed by atoms with Gasteiger partial charge < -0.3 is 0 Å². The van der Waals surface area contributed by atoms with Gasteiger partial charge >= 0.3 is 0 Å². The van der Waals surface area contributed by atoms with Gasteiger partial charge in [0.05, 0.1) is 0 Å². The molecule has 0 aromatic carbocycles. The number of hydrogen-bond donors (Lipinski definition) is 0. The van der Waals surface area contributed by atoms with Crippen LogP contribution in [0.1, 0.15) is 13.8 Å². The Balaban J connectivity index is 4.64. The van der Waals surface area contributed by atoms with Crippen LogP contribution < -0.4 is 0 Å². The highest BCUT2D eigenvalue weighted by molar-refractivity contribution is 9.12. The highest BCUT2D eigenvalue weighted by atomic mass is 79.9. The molecular weight excluding hydrogens is 336 g/mol. The summed E-state index contributed by atoms with van der Waals surface area (Å²) in [5.74, 6) is 0. The molecular formula is C8H11Br3. The molecule has 0 aliphatic carbocycles. The molecule has 11 heavy (non-hydrogen) atoms. The largest absolute Gasteiger partial charge is 0.0876 e. The molecule has 64 valence electrons. The first-order valence-corrected chi connectivity index (χ1v) is 6.33. The smallest absolute Gasteiger partial charge is 0.0293 e. The number of alkyl halides is 2. The van der Waals surface area contributed by atoms with E-state index in [1.165, 1.54) is 15.6 Å². The second-order valence-corrected chi connectivity index (χ2v) is 4.40. The number of halogens is 3. The van der Waals surface area contributed by atoms with E-state index in [2.05, 4.69) is 67.7 Å². The van der Waals surface area contributed by atoms with Gasteiger partial charge in [0.2, 0.25) is 0 Å². The van der Waals surface area contributed by atoms with Crippen molar-refractivity contribution in [1.29, 1.82) is 0 Å². The first-order valence-electron chi connectivity index (χ1n) is 3.30. The van der Waals surface area contributed by atoms with Gasteiger partial charge in [-0.25, -0.2) is 0 Å². The Morgan fingerprint density at radius 2 is 1.82 bits per heavy atom. The molecule has 0 N–H and O–H groups in total. The molecule has 0 nitrogen and oxygen atoms in total. The van der Waals surface area contributed by atoms with Crippen LogP contribution in [0.25, 0.3) is 0 Å². The third-order valence-corrected chi connectivity index (χ3v) is 3.07. The molecule has 0 aromatic rings. The van der Waals surface area contributed by atoms with E-state index >= 15 is 0 Å². The molecule has 0 saturated heterocycles. The fraction of sp³-hybridized carbons (Fsp3) is 0.500. The van der Waals surface area contributed by atoms with Gasteiger partial charge in [0, 0.05) is 10.7 Å². The van der Waals surface area contributed by atoms with Gasteiger partial charge in [-0.1, -0.05) is 53.9 Å². The number of allylic oxidation sites excluding steroid dienone is 4. The Kier molecular flexibility index (Phi) is 6.98. The van der Waals surface area contributed by atoms with E-state index in [-0.39, 0.29) is 0 Å². The zero-order valence-electron chi connectivity index (χ0n) is 6.63. The summed E-state index contributed by atoms with van der Waals surface area (Å²) < 4.78 is 1.20. The average molecular weight is 347 g/mol. The summed E-state index contributed by atoms with van der Waals surface area (Å²) in [6.07, 6.45) is 2.12. The highest BCUT2D eigenvalue weighted by Gasteiger charge is 2.03. The van der Waals surface area contributed by atoms with Crippen molar-refractivity contribution in [2.45, 2.75) is 13.8 Å². The third-order valence-electron chi connectivity index (χ3n) is 1.43. The van der Waals surface area contributed by atoms with Crippen molar-refractivity contribution in [2.24, 2.45) is 0 Å². The lowest BCUT2D eigenvalue weighted by Crippen LogP contribution is -1.93. The van der Waals surface area contributed by atoms with E-state index in [1.807, 2.05) is 0 Å². The van der Waals surface area contributed by atoms with Crippen LogP contribution in [0.3, 0.4) is 0 Å². The van der Waals surface area contributed by atoms with E-state index in [4.69, 9.17) is 0 Å². The lowest BCUT2D eigenvalue weighted by atomic mass is 10.1. The summed E-state index contributed by atoms with van der Waals surface area (Å²) in [6, 6.07) is 0. The van der Waals surface area contributed by atoms with Crippen LogP contribution in [-0.2, 0) is 0 Å². The Morgan fingerprint density at radius 1 is 1.27 bits per heavy atom. The van der Waals surface area contributed by atoms with Gasteiger partial charge in [-0.05, 0) is 29.5 Å². The van der Waals surface area contributed by atoms with E-state index < -0.39 is 0 Å². The highest BCUT2D eigenvalue weighted by Crippen LogP contribution is 2.22. The van der Waals surface area contributed by atoms with Crippen molar-refractivity contribution in [3.8, 4) is 0 Å². The van der Waals surface area contributed by atoms with Gasteiger partial charge in [-0.2, -0.15) is 0 Å². The van der Waals surface area contributed by atoms with Crippen LogP contribution in [0.5, 0.6) is 0 Å². The second kappa shape index (κ2) is 6.44. The minimum absolute atomic E-state index is 0.898. The van der Waals surface area contributed by atoms with E-state index in [9.17, 15) is 0 Å². The molecule has 0 rings (SSSR count). The van der Waals surface area contributed by atoms with E-state index in [1.54, 1.807) is 0 Å². The van der Waals surface area contributed by atoms with Crippen LogP contribution in [0, 0.1) is 0 Å². The summed E-state index contributed by atoms with van der Waals surface area (Å²) in [5.41, 5.74) is 2.65. The van der Waals surface area contributed by atoms with Gasteiger partial charge in [0.15, 0.2) is 0 Å². The predicted molar refractivity (Wildman–Crippen MR) is 63.0 cm³/mol. The lowest BCUT2D eigenvalue weighted by Gasteiger charge is -2.06. The number of hydrogen-bond acceptors (Lipinski definition) is 0. The number of rotatable bonds is 3. The van der Waals surface area contributed by atoms with Gasteiger partial charge in [0.1, 0.15) is 0 Å². The molecule has 0 radical (unpaired) electrons. The molecule has 0 aliphatic rings. The summed E-state index contributed by atoms with van der Waals surface area (Å²) >= 11 is 10.4. The normalized spacial score (nSPS) is 14.8. The predicted octanol–water partition coefficient (Wildman–Crippen LogP) is 4.39. The van der Waals surface area contributed by atoms with Gasteiger partial charge in [0.25, 0.3) is 0 Å². The molecule has 0 unspecified atom stereocenters. The molecule has 0 saturated carbocycles. The van der Waals surface area contributed by atoms with Gasteiger partial charge in [-0.3, -0.25) is 0 Å². The quantitative estimate of drug-likeness (QED) is 0.525. The molecule has 0 amide bonds. The van der Waals surface area contributed by atoms with Crippen molar-refractivity contribution in [2.75, 3.05) is 10.7 Å². The Labute approximate surface area is 93.5 Å². The zero-order chi connectivity index (χ0) is 8.85. The Bertz CT molecular complexity index is 176. The molecule has 0 bridgehead atoms. The van der Waals surface area contributed by atoms with Crippen LogP contribution in [0.15, 0.2) is 21.7 Å². The summed E-state index contributed by atoms with van der Waals surface area (Å²) in [4.78, 5) is 0. The first kappa shape index (κ1) is 11.9. The third kappa shape index (κ3) is 3.90. The van der Waals surface area contributed by atoms with Crippen LogP contribution >= 0.6 is 47.8 Å². The Hall–Kier alpha value is 0.920. The monoisotopic (exact) mass is 344 g/mol. The van der Waals surface area contributed by atoms with Crippen LogP contribution in [-0.4, -0.2) is 10.7 Å². The van der Waals surface area contributed by atoms with Gasteiger partial charge in [-0.15, -0.1) is 0 Å². The lowest BCUT2D eigenvalue weighted by molar-refractivity contribution is 1.34. The fourth-order valence-corrected chi connectivity index (χ4v) is 2.95. The average Bonchev–Trinajstić information content (AvgIpc) is 1.99. The molecule has 0 heterocycles. The topological polar surface area (TPSA) is 0 Å². The van der Waals surface area contributed by atoms with Crippen molar-refractivity contribution in [3.05, 3.63) is 21.7 Å². The molecule has 0 spiro atoms. The summed E-state index contributed by atoms with van der Waals surface area (Å²) in [5, 5.41) is 1.81.